The van der Waals surface area contributed by atoms with E-state index in [9.17, 15) is 4.79 Å². The van der Waals surface area contributed by atoms with Crippen molar-refractivity contribution in [3.8, 4) is 17.6 Å². The highest BCUT2D eigenvalue weighted by Crippen LogP contribution is 2.19. The third-order valence-electron chi connectivity index (χ3n) is 2.94. The Labute approximate surface area is 142 Å². The Morgan fingerprint density at radius 2 is 2.00 bits per heavy atom. The largest absolute Gasteiger partial charge is 0.464 e. The number of benzene rings is 1. The molecule has 0 N–H and O–H groups in total. The Morgan fingerprint density at radius 1 is 1.29 bits per heavy atom. The van der Waals surface area contributed by atoms with Crippen LogP contribution < -0.4 is 4.74 Å². The highest BCUT2D eigenvalue weighted by molar-refractivity contribution is 5.71. The van der Waals surface area contributed by atoms with Crippen LogP contribution in [0.2, 0.25) is 0 Å². The number of esters is 1. The van der Waals surface area contributed by atoms with Crippen molar-refractivity contribution in [2.45, 2.75) is 34.6 Å². The van der Waals surface area contributed by atoms with Crippen LogP contribution in [0, 0.1) is 25.2 Å². The first-order chi connectivity index (χ1) is 11.5. The molecule has 6 heteroatoms. The van der Waals surface area contributed by atoms with Gasteiger partial charge in [-0.3, -0.25) is 0 Å². The van der Waals surface area contributed by atoms with E-state index in [4.69, 9.17) is 14.7 Å². The van der Waals surface area contributed by atoms with E-state index >= 15 is 0 Å². The van der Waals surface area contributed by atoms with Crippen LogP contribution in [-0.4, -0.2) is 29.0 Å². The van der Waals surface area contributed by atoms with Gasteiger partial charge in [-0.15, -0.1) is 5.10 Å². The Morgan fingerprint density at radius 3 is 2.62 bits per heavy atom. The fourth-order valence-electron chi connectivity index (χ4n) is 2.01. The predicted octanol–water partition coefficient (Wildman–Crippen LogP) is 3.33. The van der Waals surface area contributed by atoms with Gasteiger partial charge in [-0.05, 0) is 44.5 Å². The minimum atomic E-state index is -0.432. The van der Waals surface area contributed by atoms with Crippen LogP contribution in [0.25, 0.3) is 5.69 Å². The van der Waals surface area contributed by atoms with Crippen molar-refractivity contribution < 1.29 is 14.3 Å². The summed E-state index contributed by atoms with van der Waals surface area (Å²) in [4.78, 5) is 11.3. The molecule has 1 aromatic heterocycles. The van der Waals surface area contributed by atoms with Gasteiger partial charge in [-0.1, -0.05) is 13.8 Å². The summed E-state index contributed by atoms with van der Waals surface area (Å²) in [7, 11) is 0. The van der Waals surface area contributed by atoms with Gasteiger partial charge < -0.3 is 9.47 Å². The third-order valence-corrected chi connectivity index (χ3v) is 2.94. The third kappa shape index (κ3) is 5.13. The molecule has 0 saturated carbocycles. The van der Waals surface area contributed by atoms with E-state index < -0.39 is 5.97 Å². The summed E-state index contributed by atoms with van der Waals surface area (Å²) in [6, 6.07) is 7.59. The average Bonchev–Trinajstić information content (AvgIpc) is 2.95. The lowest BCUT2D eigenvalue weighted by atomic mass is 10.1. The molecule has 6 nitrogen and oxygen atoms in total. The molecule has 0 bridgehead atoms. The molecule has 128 valence electrons. The van der Waals surface area contributed by atoms with E-state index in [-0.39, 0.29) is 6.61 Å². The van der Waals surface area contributed by atoms with Gasteiger partial charge in [0.2, 0.25) is 5.88 Å². The van der Waals surface area contributed by atoms with Gasteiger partial charge in [0, 0.05) is 11.8 Å². The predicted molar refractivity (Wildman–Crippen MR) is 91.2 cm³/mol. The van der Waals surface area contributed by atoms with Crippen molar-refractivity contribution in [3.63, 3.8) is 0 Å². The molecule has 1 heterocycles. The van der Waals surface area contributed by atoms with Crippen LogP contribution in [0.4, 0.5) is 0 Å². The van der Waals surface area contributed by atoms with Gasteiger partial charge >= 0.3 is 5.97 Å². The molecule has 0 aliphatic heterocycles. The van der Waals surface area contributed by atoms with Crippen LogP contribution >= 0.6 is 0 Å². The van der Waals surface area contributed by atoms with Gasteiger partial charge in [-0.2, -0.15) is 5.26 Å². The Balaban J connectivity index is 0.00000139. The lowest BCUT2D eigenvalue weighted by molar-refractivity contribution is -0.145. The van der Waals surface area contributed by atoms with Gasteiger partial charge in [0.25, 0.3) is 0 Å². The second-order valence-corrected chi connectivity index (χ2v) is 4.82. The van der Waals surface area contributed by atoms with Crippen LogP contribution in [-0.2, 0) is 9.53 Å². The second kappa shape index (κ2) is 9.36. The summed E-state index contributed by atoms with van der Waals surface area (Å²) in [5.74, 6) is -0.0631. The van der Waals surface area contributed by atoms with Crippen molar-refractivity contribution in [2.75, 3.05) is 13.2 Å². The number of nitrogens with zero attached hydrogens (tertiary/aromatic N) is 3. The average molecular weight is 329 g/mol. The minimum absolute atomic E-state index is 0.178. The topological polar surface area (TPSA) is 77.1 Å². The number of hydrogen-bond donors (Lipinski definition) is 0. The molecule has 24 heavy (non-hydrogen) atoms. The van der Waals surface area contributed by atoms with Crippen molar-refractivity contribution in [3.05, 3.63) is 41.1 Å². The molecule has 0 aliphatic rings. The zero-order valence-corrected chi connectivity index (χ0v) is 14.8. The summed E-state index contributed by atoms with van der Waals surface area (Å²) in [6.45, 7) is 9.63. The summed E-state index contributed by atoms with van der Waals surface area (Å²) in [5, 5.41) is 13.3. The minimum Gasteiger partial charge on any atom is -0.464 e. The molecule has 2 aromatic rings. The molecule has 0 spiro atoms. The highest BCUT2D eigenvalue weighted by Gasteiger charge is 2.11. The Bertz CT molecular complexity index is 730. The van der Waals surface area contributed by atoms with Gasteiger partial charge in [0.15, 0.2) is 6.61 Å². The fraction of sp³-hybridized carbons (Fsp3) is 0.389. The number of aromatic nitrogens is 2. The maximum atomic E-state index is 11.3. The first-order valence-corrected chi connectivity index (χ1v) is 7.90. The van der Waals surface area contributed by atoms with Crippen molar-refractivity contribution in [1.82, 2.24) is 9.78 Å². The standard InChI is InChI=1S/C16H17N3O3.C2H6/c1-4-21-15(20)10-22-16-12(3)9-19(18-16)14-6-11(2)5-13(7-14)8-17;1-2/h5-7,9H,4,10H2,1-3H3;1-2H3. The zero-order valence-electron chi connectivity index (χ0n) is 14.8. The number of carbonyl (C=O) groups is 1. The maximum absolute atomic E-state index is 11.3. The van der Waals surface area contributed by atoms with Crippen LogP contribution in [0.3, 0.4) is 0 Å². The summed E-state index contributed by atoms with van der Waals surface area (Å²) in [6.07, 6.45) is 1.79. The first-order valence-electron chi connectivity index (χ1n) is 7.90. The molecule has 0 aliphatic carbocycles. The summed E-state index contributed by atoms with van der Waals surface area (Å²) < 4.78 is 11.8. The van der Waals surface area contributed by atoms with E-state index in [1.54, 1.807) is 29.9 Å². The monoisotopic (exact) mass is 329 g/mol. The van der Waals surface area contributed by atoms with Crippen LogP contribution in [0.5, 0.6) is 5.88 Å². The number of nitriles is 1. The molecule has 0 unspecified atom stereocenters. The molecule has 0 amide bonds. The van der Waals surface area contributed by atoms with Gasteiger partial charge in [-0.25, -0.2) is 9.48 Å². The second-order valence-electron chi connectivity index (χ2n) is 4.82. The maximum Gasteiger partial charge on any atom is 0.344 e. The normalized spacial score (nSPS) is 9.50. The van der Waals surface area contributed by atoms with Crippen molar-refractivity contribution >= 4 is 5.97 Å². The number of hydrogen-bond acceptors (Lipinski definition) is 5. The summed E-state index contributed by atoms with van der Waals surface area (Å²) in [5.41, 5.74) is 3.10. The number of aryl methyl sites for hydroxylation is 2. The number of ether oxygens (including phenoxy) is 2. The van der Waals surface area contributed by atoms with Crippen LogP contribution in [0.15, 0.2) is 24.4 Å². The number of carbonyl (C=O) groups excluding carboxylic acids is 1. The first kappa shape index (κ1) is 19.2. The lowest BCUT2D eigenvalue weighted by Gasteiger charge is -2.04. The fourth-order valence-corrected chi connectivity index (χ4v) is 2.01. The molecule has 2 rings (SSSR count). The molecule has 0 saturated heterocycles. The molecule has 1 aromatic carbocycles. The van der Waals surface area contributed by atoms with E-state index in [1.807, 2.05) is 33.8 Å². The lowest BCUT2D eigenvalue weighted by Crippen LogP contribution is -2.15. The van der Waals surface area contributed by atoms with Crippen molar-refractivity contribution in [1.29, 1.82) is 5.26 Å². The van der Waals surface area contributed by atoms with Gasteiger partial charge in [0.1, 0.15) is 0 Å². The SMILES string of the molecule is CC.CCOC(=O)COc1nn(-c2cc(C)cc(C#N)c2)cc1C. The Hall–Kier alpha value is -2.81. The summed E-state index contributed by atoms with van der Waals surface area (Å²) >= 11 is 0. The molecule has 0 atom stereocenters. The molecular formula is C18H23N3O3. The van der Waals surface area contributed by atoms with Crippen LogP contribution in [0.1, 0.15) is 37.5 Å². The Kier molecular flexibility index (Phi) is 7.50. The van der Waals surface area contributed by atoms with Gasteiger partial charge in [0.05, 0.1) is 23.9 Å². The van der Waals surface area contributed by atoms with E-state index in [0.717, 1.165) is 16.8 Å². The smallest absolute Gasteiger partial charge is 0.344 e. The molecule has 0 radical (unpaired) electrons. The quantitative estimate of drug-likeness (QED) is 0.786. The zero-order chi connectivity index (χ0) is 18.1. The van der Waals surface area contributed by atoms with E-state index in [0.29, 0.717) is 18.1 Å². The van der Waals surface area contributed by atoms with E-state index in [1.165, 1.54) is 0 Å². The number of rotatable bonds is 5. The van der Waals surface area contributed by atoms with Crippen molar-refractivity contribution in [2.24, 2.45) is 0 Å². The molecular weight excluding hydrogens is 306 g/mol. The molecule has 0 fully saturated rings. The van der Waals surface area contributed by atoms with E-state index in [2.05, 4.69) is 11.2 Å². The highest BCUT2D eigenvalue weighted by atomic mass is 16.6.